The SMILES string of the molecule is C/C=C(\C=C/C(C)/C=C/c1ccc(C(C)(C)C)cc1)Oc1ccc(/C=C/c2ccc(C(C)(C)C)cc2)cc1. The van der Waals surface area contributed by atoms with E-state index in [9.17, 15) is 0 Å². The number of allylic oxidation sites excluding steroid dienone is 4. The summed E-state index contributed by atoms with van der Waals surface area (Å²) in [6, 6.07) is 25.8. The predicted molar refractivity (Wildman–Crippen MR) is 167 cm³/mol. The first-order valence-corrected chi connectivity index (χ1v) is 13.6. The summed E-state index contributed by atoms with van der Waals surface area (Å²) < 4.78 is 6.11. The first-order chi connectivity index (χ1) is 17.9. The summed E-state index contributed by atoms with van der Waals surface area (Å²) in [7, 11) is 0. The van der Waals surface area contributed by atoms with Gasteiger partial charge in [-0.3, -0.25) is 0 Å². The zero-order valence-corrected chi connectivity index (χ0v) is 24.5. The van der Waals surface area contributed by atoms with Crippen LogP contribution in [0.2, 0.25) is 0 Å². The number of rotatable bonds is 8. The molecule has 3 aromatic carbocycles. The molecule has 198 valence electrons. The highest BCUT2D eigenvalue weighted by Gasteiger charge is 2.13. The minimum Gasteiger partial charge on any atom is -0.458 e. The summed E-state index contributed by atoms with van der Waals surface area (Å²) >= 11 is 0. The quantitative estimate of drug-likeness (QED) is 0.168. The summed E-state index contributed by atoms with van der Waals surface area (Å²) in [4.78, 5) is 0. The maximum Gasteiger partial charge on any atom is 0.127 e. The van der Waals surface area contributed by atoms with Crippen LogP contribution in [0, 0.1) is 5.92 Å². The molecule has 38 heavy (non-hydrogen) atoms. The first-order valence-electron chi connectivity index (χ1n) is 13.6. The number of hydrogen-bond acceptors (Lipinski definition) is 1. The number of hydrogen-bond donors (Lipinski definition) is 0. The van der Waals surface area contributed by atoms with E-state index < -0.39 is 0 Å². The zero-order chi connectivity index (χ0) is 27.8. The molecule has 0 saturated heterocycles. The monoisotopic (exact) mass is 504 g/mol. The molecule has 0 heterocycles. The van der Waals surface area contributed by atoms with E-state index in [1.807, 2.05) is 31.2 Å². The second-order valence-corrected chi connectivity index (χ2v) is 12.0. The molecule has 0 spiro atoms. The van der Waals surface area contributed by atoms with Crippen LogP contribution in [0.4, 0.5) is 0 Å². The van der Waals surface area contributed by atoms with Crippen molar-refractivity contribution >= 4 is 18.2 Å². The van der Waals surface area contributed by atoms with Crippen LogP contribution in [0.25, 0.3) is 18.2 Å². The van der Waals surface area contributed by atoms with Gasteiger partial charge in [0.2, 0.25) is 0 Å². The van der Waals surface area contributed by atoms with Gasteiger partial charge in [-0.2, -0.15) is 0 Å². The topological polar surface area (TPSA) is 9.23 Å². The molecule has 1 atom stereocenters. The third-order valence-electron chi connectivity index (χ3n) is 6.58. The van der Waals surface area contributed by atoms with Gasteiger partial charge in [-0.15, -0.1) is 0 Å². The lowest BCUT2D eigenvalue weighted by atomic mass is 9.86. The third-order valence-corrected chi connectivity index (χ3v) is 6.58. The van der Waals surface area contributed by atoms with Gasteiger partial charge < -0.3 is 4.74 Å². The first kappa shape index (κ1) is 29.0. The van der Waals surface area contributed by atoms with Crippen molar-refractivity contribution in [1.82, 2.24) is 0 Å². The summed E-state index contributed by atoms with van der Waals surface area (Å²) in [5, 5.41) is 0. The summed E-state index contributed by atoms with van der Waals surface area (Å²) in [5.41, 5.74) is 6.61. The second kappa shape index (κ2) is 12.8. The molecule has 1 heteroatoms. The Morgan fingerprint density at radius 3 is 1.45 bits per heavy atom. The van der Waals surface area contributed by atoms with E-state index in [2.05, 4.69) is 140 Å². The Morgan fingerprint density at radius 2 is 1.03 bits per heavy atom. The molecule has 0 bridgehead atoms. The summed E-state index contributed by atoms with van der Waals surface area (Å²) in [6.07, 6.45) is 14.9. The van der Waals surface area contributed by atoms with Crippen LogP contribution in [0.15, 0.2) is 103 Å². The van der Waals surface area contributed by atoms with Crippen LogP contribution < -0.4 is 4.74 Å². The van der Waals surface area contributed by atoms with Gasteiger partial charge in [-0.05, 0) is 75.8 Å². The van der Waals surface area contributed by atoms with Crippen molar-refractivity contribution in [2.24, 2.45) is 5.92 Å². The molecule has 0 saturated carbocycles. The Morgan fingerprint density at radius 1 is 0.605 bits per heavy atom. The van der Waals surface area contributed by atoms with Crippen molar-refractivity contribution in [2.75, 3.05) is 0 Å². The molecule has 0 aliphatic heterocycles. The minimum atomic E-state index is 0.173. The van der Waals surface area contributed by atoms with E-state index in [0.29, 0.717) is 5.92 Å². The van der Waals surface area contributed by atoms with Gasteiger partial charge in [0.15, 0.2) is 0 Å². The largest absolute Gasteiger partial charge is 0.458 e. The molecule has 0 amide bonds. The molecule has 0 radical (unpaired) electrons. The van der Waals surface area contributed by atoms with E-state index in [1.54, 1.807) is 0 Å². The maximum atomic E-state index is 6.11. The molecule has 3 rings (SSSR count). The highest BCUT2D eigenvalue weighted by molar-refractivity contribution is 5.70. The minimum absolute atomic E-state index is 0.173. The van der Waals surface area contributed by atoms with Crippen molar-refractivity contribution in [3.8, 4) is 5.75 Å². The van der Waals surface area contributed by atoms with Crippen molar-refractivity contribution in [3.05, 3.63) is 131 Å². The van der Waals surface area contributed by atoms with E-state index in [1.165, 1.54) is 22.3 Å². The van der Waals surface area contributed by atoms with Crippen LogP contribution in [-0.4, -0.2) is 0 Å². The Balaban J connectivity index is 1.54. The molecule has 0 fully saturated rings. The molecular formula is C37H44O. The zero-order valence-electron chi connectivity index (χ0n) is 24.5. The van der Waals surface area contributed by atoms with Crippen LogP contribution in [-0.2, 0) is 10.8 Å². The lowest BCUT2D eigenvalue weighted by molar-refractivity contribution is 0.443. The Labute approximate surface area is 231 Å². The van der Waals surface area contributed by atoms with Gasteiger partial charge >= 0.3 is 0 Å². The Hall–Kier alpha value is -3.58. The van der Waals surface area contributed by atoms with Crippen molar-refractivity contribution in [1.29, 1.82) is 0 Å². The van der Waals surface area contributed by atoms with E-state index in [4.69, 9.17) is 4.74 Å². The Kier molecular flexibility index (Phi) is 9.75. The van der Waals surface area contributed by atoms with Gasteiger partial charge in [-0.1, -0.05) is 140 Å². The van der Waals surface area contributed by atoms with Gasteiger partial charge in [0.25, 0.3) is 0 Å². The van der Waals surface area contributed by atoms with Gasteiger partial charge in [0, 0.05) is 0 Å². The fourth-order valence-corrected chi connectivity index (χ4v) is 3.93. The number of benzene rings is 3. The summed E-state index contributed by atoms with van der Waals surface area (Å²) in [6.45, 7) is 17.6. The van der Waals surface area contributed by atoms with Gasteiger partial charge in [0.1, 0.15) is 11.5 Å². The second-order valence-electron chi connectivity index (χ2n) is 12.0. The molecular weight excluding hydrogens is 460 g/mol. The van der Waals surface area contributed by atoms with E-state index >= 15 is 0 Å². The van der Waals surface area contributed by atoms with E-state index in [0.717, 1.165) is 17.1 Å². The fourth-order valence-electron chi connectivity index (χ4n) is 3.93. The molecule has 3 aromatic rings. The van der Waals surface area contributed by atoms with Crippen molar-refractivity contribution in [3.63, 3.8) is 0 Å². The Bertz CT molecular complexity index is 1270. The van der Waals surface area contributed by atoms with Crippen LogP contribution >= 0.6 is 0 Å². The van der Waals surface area contributed by atoms with E-state index in [-0.39, 0.29) is 10.8 Å². The average Bonchev–Trinajstić information content (AvgIpc) is 2.88. The standard InChI is InChI=1S/C37H44O/c1-9-34(25-11-28(2)10-12-29-15-21-32(22-16-29)36(3,4)5)38-35-26-19-31(20-27-35)14-13-30-17-23-33(24-18-30)37(6,7)8/h9-28H,1-8H3/b12-10+,14-13+,25-11-,34-9+. The lowest BCUT2D eigenvalue weighted by Crippen LogP contribution is -2.10. The molecule has 0 aliphatic rings. The van der Waals surface area contributed by atoms with Crippen LogP contribution in [0.1, 0.15) is 83.2 Å². The average molecular weight is 505 g/mol. The van der Waals surface area contributed by atoms with Crippen LogP contribution in [0.5, 0.6) is 5.75 Å². The van der Waals surface area contributed by atoms with Crippen molar-refractivity contribution < 1.29 is 4.74 Å². The number of ether oxygens (including phenoxy) is 1. The highest BCUT2D eigenvalue weighted by atomic mass is 16.5. The van der Waals surface area contributed by atoms with Gasteiger partial charge in [0.05, 0.1) is 0 Å². The molecule has 0 aromatic heterocycles. The molecule has 0 N–H and O–H groups in total. The van der Waals surface area contributed by atoms with Gasteiger partial charge in [-0.25, -0.2) is 0 Å². The molecule has 1 unspecified atom stereocenters. The van der Waals surface area contributed by atoms with Crippen LogP contribution in [0.3, 0.4) is 0 Å². The smallest absolute Gasteiger partial charge is 0.127 e. The summed E-state index contributed by atoms with van der Waals surface area (Å²) in [5.74, 6) is 1.96. The third kappa shape index (κ3) is 9.06. The molecule has 1 nitrogen and oxygen atoms in total. The van der Waals surface area contributed by atoms with Crippen molar-refractivity contribution in [2.45, 2.75) is 66.2 Å². The fraction of sp³-hybridized carbons (Fsp3) is 0.297. The predicted octanol–water partition coefficient (Wildman–Crippen LogP) is 10.6. The maximum absolute atomic E-state index is 6.11. The molecule has 0 aliphatic carbocycles. The normalized spacial score (nSPS) is 14.1. The lowest BCUT2D eigenvalue weighted by Gasteiger charge is -2.18. The highest BCUT2D eigenvalue weighted by Crippen LogP contribution is 2.24.